The first-order valence-electron chi connectivity index (χ1n) is 22.3. The minimum atomic E-state index is 0.934. The topological polar surface area (TPSA) is 57.4 Å². The predicted molar refractivity (Wildman–Crippen MR) is 309 cm³/mol. The Morgan fingerprint density at radius 3 is 0.719 bits per heavy atom. The van der Waals surface area contributed by atoms with Crippen molar-refractivity contribution in [2.24, 2.45) is 0 Å². The standard InChI is InChI=1S/C56H50I4N4/c57-33-1-5-37-9-17-41(18-10-37)53-45-25-27-47(61-45)54(42-19-11-38(12-20-42)6-2-34-58)49-29-31-51(63-49)56(44-23-15-40(16-24-44)8-4-36-60)52-32-30-50(64-52)55(48-28-26-46(53)62-48)43-21-13-39(14-22-43)7-3-35-59/h9-32,61,64H,1-8,33-36H2. The highest BCUT2D eigenvalue weighted by Crippen LogP contribution is 2.39. The van der Waals surface area contributed by atoms with E-state index in [0.29, 0.717) is 0 Å². The van der Waals surface area contributed by atoms with Gasteiger partial charge < -0.3 is 9.97 Å². The van der Waals surface area contributed by atoms with Gasteiger partial charge in [-0.25, -0.2) is 9.97 Å². The zero-order chi connectivity index (χ0) is 43.8. The van der Waals surface area contributed by atoms with Crippen LogP contribution in [-0.4, -0.2) is 37.6 Å². The average molecular weight is 1290 g/mol. The van der Waals surface area contributed by atoms with E-state index in [1.165, 1.54) is 47.9 Å². The van der Waals surface area contributed by atoms with E-state index >= 15 is 0 Å². The maximum Gasteiger partial charge on any atom is 0.0737 e. The molecule has 0 atom stereocenters. The van der Waals surface area contributed by atoms with Crippen molar-refractivity contribution in [1.82, 2.24) is 19.9 Å². The molecule has 0 spiro atoms. The monoisotopic (exact) mass is 1290 g/mol. The van der Waals surface area contributed by atoms with Gasteiger partial charge in [-0.1, -0.05) is 187 Å². The SMILES string of the molecule is ICCCc1ccc(-c2c3nc(c(-c4ccc(CCCI)cc4)c4ccc([nH]4)c(-c4ccc(CCCI)cc4)c4nc(c(-c5ccc(CCCI)cc5)c5ccc2[nH]5)C=C4)C=C3)cc1. The number of nitrogens with one attached hydrogen (secondary N) is 2. The van der Waals surface area contributed by atoms with E-state index in [1.807, 2.05) is 0 Å². The molecular formula is C56H50I4N4. The lowest BCUT2D eigenvalue weighted by molar-refractivity contribution is 0.946. The van der Waals surface area contributed by atoms with Crippen LogP contribution < -0.4 is 0 Å². The van der Waals surface area contributed by atoms with Crippen molar-refractivity contribution in [3.8, 4) is 44.5 Å². The fourth-order valence-corrected chi connectivity index (χ4v) is 10.4. The number of alkyl halides is 4. The van der Waals surface area contributed by atoms with Gasteiger partial charge in [-0.05, 0) is 162 Å². The minimum Gasteiger partial charge on any atom is -0.354 e. The molecule has 0 saturated carbocycles. The highest BCUT2D eigenvalue weighted by atomic mass is 127. The third kappa shape index (κ3) is 10.3. The molecule has 0 radical (unpaired) electrons. The summed E-state index contributed by atoms with van der Waals surface area (Å²) in [7, 11) is 0. The summed E-state index contributed by atoms with van der Waals surface area (Å²) in [5.74, 6) is 0. The van der Waals surface area contributed by atoms with Gasteiger partial charge in [-0.15, -0.1) is 0 Å². The summed E-state index contributed by atoms with van der Waals surface area (Å²) in [6.45, 7) is 0. The van der Waals surface area contributed by atoms with Gasteiger partial charge in [0.2, 0.25) is 0 Å². The van der Waals surface area contributed by atoms with Gasteiger partial charge in [-0.2, -0.15) is 0 Å². The molecule has 3 aromatic heterocycles. The van der Waals surface area contributed by atoms with Gasteiger partial charge in [0.15, 0.2) is 0 Å². The summed E-state index contributed by atoms with van der Waals surface area (Å²) in [6, 6.07) is 45.4. The van der Waals surface area contributed by atoms with Crippen molar-refractivity contribution >= 4 is 137 Å². The first-order valence-corrected chi connectivity index (χ1v) is 28.4. The Hall–Kier alpha value is -3.60. The molecule has 2 N–H and O–H groups in total. The van der Waals surface area contributed by atoms with Gasteiger partial charge in [-0.3, -0.25) is 0 Å². The molecule has 4 nitrogen and oxygen atoms in total. The summed E-state index contributed by atoms with van der Waals surface area (Å²) >= 11 is 9.90. The average Bonchev–Trinajstić information content (AvgIpc) is 4.19. The molecule has 7 aromatic rings. The van der Waals surface area contributed by atoms with E-state index in [1.54, 1.807) is 0 Å². The summed E-state index contributed by atoms with van der Waals surface area (Å²) < 4.78 is 4.59. The molecule has 4 aromatic carbocycles. The highest BCUT2D eigenvalue weighted by molar-refractivity contribution is 14.1. The second-order valence-corrected chi connectivity index (χ2v) is 20.8. The Morgan fingerprint density at radius 2 is 0.516 bits per heavy atom. The lowest BCUT2D eigenvalue weighted by atomic mass is 10.0. The molecule has 0 amide bonds. The van der Waals surface area contributed by atoms with Crippen molar-refractivity contribution in [2.75, 3.05) is 17.7 Å². The van der Waals surface area contributed by atoms with Crippen molar-refractivity contribution in [3.63, 3.8) is 0 Å². The third-order valence-corrected chi connectivity index (χ3v) is 15.2. The molecule has 2 aliphatic rings. The zero-order valence-corrected chi connectivity index (χ0v) is 44.4. The summed E-state index contributed by atoms with van der Waals surface area (Å²) in [4.78, 5) is 19.0. The number of nitrogens with zero attached hydrogens (tertiary/aromatic N) is 2. The summed E-state index contributed by atoms with van der Waals surface area (Å²) in [5.41, 5.74) is 22.1. The maximum absolute atomic E-state index is 5.56. The van der Waals surface area contributed by atoms with E-state index in [4.69, 9.17) is 9.97 Å². The molecule has 0 fully saturated rings. The van der Waals surface area contributed by atoms with Crippen molar-refractivity contribution < 1.29 is 0 Å². The normalized spacial score (nSPS) is 12.1. The van der Waals surface area contributed by atoms with E-state index in [-0.39, 0.29) is 0 Å². The molecule has 2 aliphatic heterocycles. The molecule has 0 unspecified atom stereocenters. The number of aryl methyl sites for hydroxylation is 4. The number of aromatic nitrogens is 4. The third-order valence-electron chi connectivity index (χ3n) is 12.1. The molecule has 5 heterocycles. The lowest BCUT2D eigenvalue weighted by Gasteiger charge is -2.09. The number of hydrogen-bond acceptors (Lipinski definition) is 2. The van der Waals surface area contributed by atoms with Crippen LogP contribution in [0.3, 0.4) is 0 Å². The number of H-pyrrole nitrogens is 2. The van der Waals surface area contributed by atoms with Gasteiger partial charge >= 0.3 is 0 Å². The van der Waals surface area contributed by atoms with Crippen LogP contribution in [0.5, 0.6) is 0 Å². The van der Waals surface area contributed by atoms with Crippen LogP contribution >= 0.6 is 90.4 Å². The minimum absolute atomic E-state index is 0.934. The number of hydrogen-bond donors (Lipinski definition) is 2. The van der Waals surface area contributed by atoms with Crippen LogP contribution in [0, 0.1) is 0 Å². The molecule has 0 saturated heterocycles. The number of aromatic amines is 2. The molecule has 322 valence electrons. The predicted octanol–water partition coefficient (Wildman–Crippen LogP) is 16.8. The van der Waals surface area contributed by atoms with Crippen LogP contribution in [0.2, 0.25) is 0 Å². The van der Waals surface area contributed by atoms with E-state index in [0.717, 1.165) is 133 Å². The second-order valence-electron chi connectivity index (χ2n) is 16.5. The number of rotatable bonds is 16. The van der Waals surface area contributed by atoms with E-state index in [9.17, 15) is 0 Å². The van der Waals surface area contributed by atoms with Crippen molar-refractivity contribution in [3.05, 3.63) is 166 Å². The smallest absolute Gasteiger partial charge is 0.0737 e. The highest BCUT2D eigenvalue weighted by Gasteiger charge is 2.19. The molecule has 9 rings (SSSR count). The number of halogens is 4. The van der Waals surface area contributed by atoms with Crippen LogP contribution in [0.1, 0.15) is 70.7 Å². The number of benzene rings is 4. The molecule has 0 aliphatic carbocycles. The fourth-order valence-electron chi connectivity index (χ4n) is 8.86. The Morgan fingerprint density at radius 1 is 0.297 bits per heavy atom. The summed E-state index contributed by atoms with van der Waals surface area (Å²) in [6.07, 6.45) is 17.8. The van der Waals surface area contributed by atoms with E-state index in [2.05, 4.69) is 246 Å². The van der Waals surface area contributed by atoms with Crippen LogP contribution in [-0.2, 0) is 25.7 Å². The van der Waals surface area contributed by atoms with Gasteiger partial charge in [0.1, 0.15) is 0 Å². The number of fused-ring (bicyclic) bond motifs is 8. The zero-order valence-electron chi connectivity index (χ0n) is 35.7. The maximum atomic E-state index is 5.56. The fraction of sp³-hybridized carbons (Fsp3) is 0.214. The molecular weight excluding hydrogens is 1240 g/mol. The Labute approximate surface area is 431 Å². The van der Waals surface area contributed by atoms with Gasteiger partial charge in [0, 0.05) is 44.3 Å². The second kappa shape index (κ2) is 21.8. The van der Waals surface area contributed by atoms with Crippen molar-refractivity contribution in [1.29, 1.82) is 0 Å². The van der Waals surface area contributed by atoms with E-state index < -0.39 is 0 Å². The first-order chi connectivity index (χ1) is 31.5. The van der Waals surface area contributed by atoms with Crippen LogP contribution in [0.15, 0.2) is 121 Å². The van der Waals surface area contributed by atoms with Crippen LogP contribution in [0.4, 0.5) is 0 Å². The quantitative estimate of drug-likeness (QED) is 0.0748. The largest absolute Gasteiger partial charge is 0.354 e. The molecule has 8 heteroatoms. The van der Waals surface area contributed by atoms with Gasteiger partial charge in [0.25, 0.3) is 0 Å². The lowest BCUT2D eigenvalue weighted by Crippen LogP contribution is -1.91. The first kappa shape index (κ1) is 45.6. The Bertz CT molecular complexity index is 2560. The van der Waals surface area contributed by atoms with Crippen molar-refractivity contribution in [2.45, 2.75) is 51.4 Å². The Kier molecular flexibility index (Phi) is 15.5. The summed E-state index contributed by atoms with van der Waals surface area (Å²) in [5, 5.41) is 0. The van der Waals surface area contributed by atoms with Gasteiger partial charge in [0.05, 0.1) is 22.8 Å². The van der Waals surface area contributed by atoms with Crippen LogP contribution in [0.25, 0.3) is 90.9 Å². The molecule has 8 bridgehead atoms. The molecule has 64 heavy (non-hydrogen) atoms. The Balaban J connectivity index is 1.36.